The number of hydrogen-bond donors (Lipinski definition) is 2. The van der Waals surface area contributed by atoms with Gasteiger partial charge in [-0.25, -0.2) is 0 Å². The first-order valence-electron chi connectivity index (χ1n) is 8.25. The van der Waals surface area contributed by atoms with Gasteiger partial charge in [0, 0.05) is 5.92 Å². The zero-order valence-electron chi connectivity index (χ0n) is 11.8. The largest absolute Gasteiger partial charge is 0.325 e. The molecule has 2 heteroatoms. The summed E-state index contributed by atoms with van der Waals surface area (Å²) in [7, 11) is 0. The second-order valence-corrected chi connectivity index (χ2v) is 6.74. The van der Waals surface area contributed by atoms with E-state index in [1.165, 1.54) is 77.7 Å². The fourth-order valence-corrected chi connectivity index (χ4v) is 4.32. The second kappa shape index (κ2) is 6.21. The van der Waals surface area contributed by atoms with Crippen LogP contribution in [0.4, 0.5) is 0 Å². The quantitative estimate of drug-likeness (QED) is 0.656. The summed E-state index contributed by atoms with van der Waals surface area (Å²) in [6.07, 6.45) is 14.9. The maximum absolute atomic E-state index is 2.41. The molecule has 2 N–H and O–H groups in total. The maximum atomic E-state index is 2.41. The molecule has 3 rings (SSSR count). The molecule has 2 aliphatic carbocycles. The normalized spacial score (nSPS) is 38.1. The van der Waals surface area contributed by atoms with E-state index in [1.54, 1.807) is 0 Å². The molecule has 0 spiro atoms. The Kier molecular flexibility index (Phi) is 4.37. The minimum atomic E-state index is 0.984. The maximum Gasteiger partial charge on any atom is 0.127 e. The zero-order valence-corrected chi connectivity index (χ0v) is 11.8. The molecule has 102 valence electrons. The number of quaternary nitrogens is 2. The molecule has 0 aromatic heterocycles. The molecule has 1 aliphatic heterocycles. The molecule has 2 fully saturated rings. The van der Waals surface area contributed by atoms with Crippen molar-refractivity contribution in [1.29, 1.82) is 0 Å². The van der Waals surface area contributed by atoms with E-state index in [9.17, 15) is 0 Å². The van der Waals surface area contributed by atoms with Crippen LogP contribution in [-0.2, 0) is 0 Å². The third kappa shape index (κ3) is 3.16. The topological polar surface area (TPSA) is 8.88 Å². The second-order valence-electron chi connectivity index (χ2n) is 6.74. The summed E-state index contributed by atoms with van der Waals surface area (Å²) in [4.78, 5) is 3.84. The molecule has 0 aromatic rings. The monoisotopic (exact) mass is 250 g/mol. The van der Waals surface area contributed by atoms with E-state index in [0.29, 0.717) is 0 Å². The molecule has 0 radical (unpaired) electrons. The van der Waals surface area contributed by atoms with Crippen LogP contribution in [-0.4, -0.2) is 38.8 Å². The molecule has 1 atom stereocenters. The standard InChI is InChI=1S/C16H28N2/c1-2-6-15(7-3-1)14-17-10-12-18(13-11-17)16-8-4-5-9-16/h1-2,15-16H,3-14H2/p+2/t15-/m0/s1. The van der Waals surface area contributed by atoms with Crippen molar-refractivity contribution in [2.75, 3.05) is 32.7 Å². The molecular formula is C16H30N2+2. The van der Waals surface area contributed by atoms with Gasteiger partial charge in [-0.15, -0.1) is 0 Å². The highest BCUT2D eigenvalue weighted by Gasteiger charge is 2.31. The summed E-state index contributed by atoms with van der Waals surface area (Å²) >= 11 is 0. The summed E-state index contributed by atoms with van der Waals surface area (Å²) in [5.74, 6) is 0.984. The van der Waals surface area contributed by atoms with Crippen LogP contribution in [0.15, 0.2) is 12.2 Å². The Morgan fingerprint density at radius 2 is 1.67 bits per heavy atom. The van der Waals surface area contributed by atoms with Gasteiger partial charge in [-0.2, -0.15) is 0 Å². The Morgan fingerprint density at radius 3 is 2.33 bits per heavy atom. The van der Waals surface area contributed by atoms with Crippen LogP contribution in [0.5, 0.6) is 0 Å². The third-order valence-corrected chi connectivity index (χ3v) is 5.49. The van der Waals surface area contributed by atoms with E-state index < -0.39 is 0 Å². The number of rotatable bonds is 3. The van der Waals surface area contributed by atoms with Gasteiger partial charge in [0.15, 0.2) is 0 Å². The lowest BCUT2D eigenvalue weighted by molar-refractivity contribution is -1.02. The van der Waals surface area contributed by atoms with Gasteiger partial charge in [0.25, 0.3) is 0 Å². The lowest BCUT2D eigenvalue weighted by Gasteiger charge is -2.34. The number of allylic oxidation sites excluding steroid dienone is 2. The van der Waals surface area contributed by atoms with Crippen molar-refractivity contribution in [3.05, 3.63) is 12.2 Å². The fraction of sp³-hybridized carbons (Fsp3) is 0.875. The van der Waals surface area contributed by atoms with Gasteiger partial charge < -0.3 is 9.80 Å². The predicted octanol–water partition coefficient (Wildman–Crippen LogP) is 0.0687. The van der Waals surface area contributed by atoms with Crippen molar-refractivity contribution in [1.82, 2.24) is 0 Å². The first kappa shape index (κ1) is 12.7. The first-order chi connectivity index (χ1) is 8.92. The number of nitrogens with one attached hydrogen (secondary N) is 2. The Hall–Kier alpha value is -0.340. The van der Waals surface area contributed by atoms with Crippen LogP contribution in [0.1, 0.15) is 44.9 Å². The van der Waals surface area contributed by atoms with E-state index in [0.717, 1.165) is 12.0 Å². The summed E-state index contributed by atoms with van der Waals surface area (Å²) in [5, 5.41) is 0. The number of piperazine rings is 1. The Bertz CT molecular complexity index is 273. The van der Waals surface area contributed by atoms with Gasteiger partial charge in [-0.1, -0.05) is 12.2 Å². The highest BCUT2D eigenvalue weighted by molar-refractivity contribution is 4.89. The van der Waals surface area contributed by atoms with Crippen LogP contribution in [0.2, 0.25) is 0 Å². The Labute approximate surface area is 112 Å². The molecule has 0 amide bonds. The van der Waals surface area contributed by atoms with Crippen LogP contribution < -0.4 is 9.80 Å². The van der Waals surface area contributed by atoms with Crippen molar-refractivity contribution in [3.8, 4) is 0 Å². The highest BCUT2D eigenvalue weighted by atomic mass is 15.3. The molecule has 0 bridgehead atoms. The van der Waals surface area contributed by atoms with Crippen molar-refractivity contribution < 1.29 is 9.80 Å². The minimum Gasteiger partial charge on any atom is -0.325 e. The molecule has 0 unspecified atom stereocenters. The van der Waals surface area contributed by atoms with Gasteiger partial charge in [0.1, 0.15) is 26.2 Å². The fourth-order valence-electron chi connectivity index (χ4n) is 4.32. The van der Waals surface area contributed by atoms with Gasteiger partial charge in [0.2, 0.25) is 0 Å². The first-order valence-corrected chi connectivity index (χ1v) is 8.25. The lowest BCUT2D eigenvalue weighted by atomic mass is 9.94. The van der Waals surface area contributed by atoms with Crippen molar-refractivity contribution >= 4 is 0 Å². The molecule has 18 heavy (non-hydrogen) atoms. The molecule has 1 heterocycles. The summed E-state index contributed by atoms with van der Waals surface area (Å²) in [6.45, 7) is 7.21. The van der Waals surface area contributed by atoms with Gasteiger partial charge in [-0.3, -0.25) is 0 Å². The Morgan fingerprint density at radius 1 is 0.889 bits per heavy atom. The molecule has 3 aliphatic rings. The SMILES string of the molecule is C1=CC[C@H](C[NH+]2CC[NH+](C3CCCC3)CC2)CC1. The minimum absolute atomic E-state index is 0.984. The van der Waals surface area contributed by atoms with Crippen molar-refractivity contribution in [3.63, 3.8) is 0 Å². The van der Waals surface area contributed by atoms with E-state index in [1.807, 2.05) is 9.80 Å². The summed E-state index contributed by atoms with van der Waals surface area (Å²) < 4.78 is 0. The molecule has 1 saturated heterocycles. The van der Waals surface area contributed by atoms with Gasteiger partial charge in [0.05, 0.1) is 12.6 Å². The predicted molar refractivity (Wildman–Crippen MR) is 75.0 cm³/mol. The lowest BCUT2D eigenvalue weighted by Crippen LogP contribution is -3.29. The Balaban J connectivity index is 1.40. The zero-order chi connectivity index (χ0) is 12.2. The van der Waals surface area contributed by atoms with E-state index >= 15 is 0 Å². The summed E-state index contributed by atoms with van der Waals surface area (Å²) in [5.41, 5.74) is 0. The van der Waals surface area contributed by atoms with Gasteiger partial charge >= 0.3 is 0 Å². The third-order valence-electron chi connectivity index (χ3n) is 5.49. The van der Waals surface area contributed by atoms with Crippen LogP contribution in [0.3, 0.4) is 0 Å². The average Bonchev–Trinajstić information content (AvgIpc) is 2.95. The van der Waals surface area contributed by atoms with Crippen LogP contribution in [0, 0.1) is 5.92 Å². The molecule has 1 saturated carbocycles. The van der Waals surface area contributed by atoms with Crippen LogP contribution in [0.25, 0.3) is 0 Å². The van der Waals surface area contributed by atoms with Gasteiger partial charge in [-0.05, 0) is 44.9 Å². The van der Waals surface area contributed by atoms with Crippen molar-refractivity contribution in [2.45, 2.75) is 51.0 Å². The van der Waals surface area contributed by atoms with Crippen molar-refractivity contribution in [2.24, 2.45) is 5.92 Å². The van der Waals surface area contributed by atoms with Crippen LogP contribution >= 0.6 is 0 Å². The smallest absolute Gasteiger partial charge is 0.127 e. The molecule has 0 aromatic carbocycles. The van der Waals surface area contributed by atoms with E-state index in [2.05, 4.69) is 12.2 Å². The van der Waals surface area contributed by atoms with E-state index in [-0.39, 0.29) is 0 Å². The average molecular weight is 250 g/mol. The summed E-state index contributed by atoms with van der Waals surface area (Å²) in [6, 6.07) is 1.03. The molecule has 2 nitrogen and oxygen atoms in total. The molecular weight excluding hydrogens is 220 g/mol. The number of hydrogen-bond acceptors (Lipinski definition) is 0. The van der Waals surface area contributed by atoms with E-state index in [4.69, 9.17) is 0 Å². The highest BCUT2D eigenvalue weighted by Crippen LogP contribution is 2.16.